The quantitative estimate of drug-likeness (QED) is 0.338. The molecule has 6 heteroatoms. The summed E-state index contributed by atoms with van der Waals surface area (Å²) in [4.78, 5) is 28.7. The molecule has 0 spiro atoms. The number of carbonyl (C=O) groups is 2. The Labute approximate surface area is 212 Å². The van der Waals surface area contributed by atoms with Crippen molar-refractivity contribution >= 4 is 23.4 Å². The summed E-state index contributed by atoms with van der Waals surface area (Å²) >= 11 is 6.23. The molecule has 3 aromatic carbocycles. The molecule has 1 unspecified atom stereocenters. The molecule has 0 aliphatic rings. The van der Waals surface area contributed by atoms with Crippen LogP contribution in [0.5, 0.6) is 0 Å². The average Bonchev–Trinajstić information content (AvgIpc) is 2.85. The number of aryl methyl sites for hydroxylation is 1. The van der Waals surface area contributed by atoms with Crippen molar-refractivity contribution in [2.45, 2.75) is 52.1 Å². The van der Waals surface area contributed by atoms with Crippen LogP contribution in [-0.4, -0.2) is 29.3 Å². The van der Waals surface area contributed by atoms with Crippen LogP contribution in [-0.2, 0) is 29.0 Å². The van der Waals surface area contributed by atoms with Crippen LogP contribution < -0.4 is 5.32 Å². The number of halogens is 2. The zero-order valence-electron chi connectivity index (χ0n) is 20.3. The van der Waals surface area contributed by atoms with Crippen molar-refractivity contribution in [1.82, 2.24) is 10.2 Å². The Morgan fingerprint density at radius 2 is 1.71 bits per heavy atom. The summed E-state index contributed by atoms with van der Waals surface area (Å²) in [7, 11) is 0. The standard InChI is InChI=1S/C29H32ClFN2O2/c1-3-4-17-32-29(35)27(18-22-12-6-5-7-13-22)33(20-23-14-9-8-11-21(23)2)28(34)19-24-25(30)15-10-16-26(24)31/h5-16,27H,3-4,17-20H2,1-2H3,(H,32,35). The average molecular weight is 495 g/mol. The molecule has 0 aromatic heterocycles. The number of nitrogens with zero attached hydrogens (tertiary/aromatic N) is 1. The summed E-state index contributed by atoms with van der Waals surface area (Å²) in [6.07, 6.45) is 1.91. The van der Waals surface area contributed by atoms with Crippen LogP contribution in [0.2, 0.25) is 5.02 Å². The molecule has 1 atom stereocenters. The van der Waals surface area contributed by atoms with Crippen LogP contribution in [0.1, 0.15) is 42.0 Å². The first kappa shape index (κ1) is 26.4. The molecule has 0 saturated carbocycles. The Kier molecular flexibility index (Phi) is 9.86. The van der Waals surface area contributed by atoms with Gasteiger partial charge in [0.2, 0.25) is 11.8 Å². The van der Waals surface area contributed by atoms with Gasteiger partial charge in [0.15, 0.2) is 0 Å². The van der Waals surface area contributed by atoms with Gasteiger partial charge in [0.05, 0.1) is 6.42 Å². The molecule has 1 N–H and O–H groups in total. The number of rotatable bonds is 11. The molecule has 0 heterocycles. The van der Waals surface area contributed by atoms with Crippen molar-refractivity contribution in [3.63, 3.8) is 0 Å². The monoisotopic (exact) mass is 494 g/mol. The van der Waals surface area contributed by atoms with E-state index in [0.717, 1.165) is 29.5 Å². The zero-order valence-corrected chi connectivity index (χ0v) is 21.0. The lowest BCUT2D eigenvalue weighted by atomic mass is 10.00. The first-order valence-electron chi connectivity index (χ1n) is 12.0. The topological polar surface area (TPSA) is 49.4 Å². The second kappa shape index (κ2) is 13.1. The van der Waals surface area contributed by atoms with Gasteiger partial charge in [-0.25, -0.2) is 4.39 Å². The minimum absolute atomic E-state index is 0.138. The third kappa shape index (κ3) is 7.40. The number of benzene rings is 3. The van der Waals surface area contributed by atoms with Crippen molar-refractivity contribution in [1.29, 1.82) is 0 Å². The van der Waals surface area contributed by atoms with Gasteiger partial charge in [-0.2, -0.15) is 0 Å². The Balaban J connectivity index is 1.99. The highest BCUT2D eigenvalue weighted by Crippen LogP contribution is 2.23. The van der Waals surface area contributed by atoms with Crippen molar-refractivity contribution in [3.8, 4) is 0 Å². The molecule has 3 aromatic rings. The van der Waals surface area contributed by atoms with Crippen molar-refractivity contribution < 1.29 is 14.0 Å². The lowest BCUT2D eigenvalue weighted by molar-refractivity contribution is -0.140. The van der Waals surface area contributed by atoms with Gasteiger partial charge >= 0.3 is 0 Å². The van der Waals surface area contributed by atoms with E-state index in [-0.39, 0.29) is 35.4 Å². The lowest BCUT2D eigenvalue weighted by Crippen LogP contribution is -2.51. The summed E-state index contributed by atoms with van der Waals surface area (Å²) in [5.41, 5.74) is 3.02. The predicted octanol–water partition coefficient (Wildman–Crippen LogP) is 5.89. The normalized spacial score (nSPS) is 11.7. The summed E-state index contributed by atoms with van der Waals surface area (Å²) < 4.78 is 14.5. The van der Waals surface area contributed by atoms with Crippen molar-refractivity contribution in [2.24, 2.45) is 0 Å². The van der Waals surface area contributed by atoms with E-state index in [9.17, 15) is 14.0 Å². The molecule has 184 valence electrons. The summed E-state index contributed by atoms with van der Waals surface area (Å²) in [5.74, 6) is -1.11. The van der Waals surface area contributed by atoms with E-state index in [1.54, 1.807) is 11.0 Å². The van der Waals surface area contributed by atoms with Gasteiger partial charge in [0.25, 0.3) is 0 Å². The van der Waals surface area contributed by atoms with E-state index in [1.165, 1.54) is 12.1 Å². The van der Waals surface area contributed by atoms with E-state index in [4.69, 9.17) is 11.6 Å². The molecule has 3 rings (SSSR count). The van der Waals surface area contributed by atoms with Crippen LogP contribution in [0, 0.1) is 12.7 Å². The number of hydrogen-bond acceptors (Lipinski definition) is 2. The zero-order chi connectivity index (χ0) is 25.2. The summed E-state index contributed by atoms with van der Waals surface area (Å²) in [6.45, 7) is 4.79. The Morgan fingerprint density at radius 1 is 1.00 bits per heavy atom. The number of nitrogens with one attached hydrogen (secondary N) is 1. The van der Waals surface area contributed by atoms with Gasteiger partial charge in [-0.05, 0) is 42.2 Å². The van der Waals surface area contributed by atoms with Crippen LogP contribution in [0.25, 0.3) is 0 Å². The first-order valence-corrected chi connectivity index (χ1v) is 12.4. The molecule has 0 saturated heterocycles. The number of carbonyl (C=O) groups excluding carboxylic acids is 2. The van der Waals surface area contributed by atoms with Gasteiger partial charge in [-0.3, -0.25) is 9.59 Å². The molecule has 0 aliphatic carbocycles. The molecule has 0 fully saturated rings. The van der Waals surface area contributed by atoms with E-state index >= 15 is 0 Å². The fraction of sp³-hybridized carbons (Fsp3) is 0.310. The number of amides is 2. The van der Waals surface area contributed by atoms with E-state index in [0.29, 0.717) is 13.0 Å². The van der Waals surface area contributed by atoms with E-state index in [2.05, 4.69) is 12.2 Å². The third-order valence-electron chi connectivity index (χ3n) is 6.09. The maximum atomic E-state index is 14.5. The van der Waals surface area contributed by atoms with Crippen LogP contribution >= 0.6 is 11.6 Å². The molecule has 4 nitrogen and oxygen atoms in total. The van der Waals surface area contributed by atoms with Gasteiger partial charge < -0.3 is 10.2 Å². The molecule has 0 bridgehead atoms. The van der Waals surface area contributed by atoms with E-state index in [1.807, 2.05) is 61.5 Å². The number of hydrogen-bond donors (Lipinski definition) is 1. The second-order valence-electron chi connectivity index (χ2n) is 8.68. The van der Waals surface area contributed by atoms with E-state index < -0.39 is 11.9 Å². The maximum absolute atomic E-state index is 14.5. The fourth-order valence-corrected chi connectivity index (χ4v) is 4.21. The smallest absolute Gasteiger partial charge is 0.243 e. The largest absolute Gasteiger partial charge is 0.354 e. The Bertz CT molecular complexity index is 1120. The first-order chi connectivity index (χ1) is 16.9. The molecule has 35 heavy (non-hydrogen) atoms. The highest BCUT2D eigenvalue weighted by molar-refractivity contribution is 6.31. The maximum Gasteiger partial charge on any atom is 0.243 e. The van der Waals surface area contributed by atoms with Gasteiger partial charge in [-0.1, -0.05) is 85.6 Å². The summed E-state index contributed by atoms with van der Waals surface area (Å²) in [6, 6.07) is 21.0. The van der Waals surface area contributed by atoms with Gasteiger partial charge in [0.1, 0.15) is 11.9 Å². The minimum Gasteiger partial charge on any atom is -0.354 e. The molecular weight excluding hydrogens is 463 g/mol. The molecule has 0 radical (unpaired) electrons. The molecule has 2 amide bonds. The van der Waals surface area contributed by atoms with Crippen molar-refractivity contribution in [2.75, 3.05) is 6.54 Å². The van der Waals surface area contributed by atoms with Crippen LogP contribution in [0.15, 0.2) is 72.8 Å². The van der Waals surface area contributed by atoms with Crippen LogP contribution in [0.4, 0.5) is 4.39 Å². The Hall–Kier alpha value is -3.18. The minimum atomic E-state index is -0.757. The third-order valence-corrected chi connectivity index (χ3v) is 6.45. The predicted molar refractivity (Wildman–Crippen MR) is 139 cm³/mol. The van der Waals surface area contributed by atoms with Crippen LogP contribution in [0.3, 0.4) is 0 Å². The summed E-state index contributed by atoms with van der Waals surface area (Å²) in [5, 5.41) is 3.19. The second-order valence-corrected chi connectivity index (χ2v) is 9.08. The van der Waals surface area contributed by atoms with Crippen molar-refractivity contribution in [3.05, 3.63) is 106 Å². The Morgan fingerprint density at radius 3 is 2.40 bits per heavy atom. The molecular formula is C29H32ClFN2O2. The lowest BCUT2D eigenvalue weighted by Gasteiger charge is -2.32. The highest BCUT2D eigenvalue weighted by atomic mass is 35.5. The number of unbranched alkanes of at least 4 members (excludes halogenated alkanes) is 1. The molecule has 0 aliphatic heterocycles. The fourth-order valence-electron chi connectivity index (χ4n) is 3.99. The van der Waals surface area contributed by atoms with Gasteiger partial charge in [-0.15, -0.1) is 0 Å². The SMILES string of the molecule is CCCCNC(=O)C(Cc1ccccc1)N(Cc1ccccc1C)C(=O)Cc1c(F)cccc1Cl. The van der Waals surface area contributed by atoms with Gasteiger partial charge in [0, 0.05) is 30.1 Å². The highest BCUT2D eigenvalue weighted by Gasteiger charge is 2.31.